The average Bonchev–Trinajstić information content (AvgIpc) is 3.56. The van der Waals surface area contributed by atoms with E-state index in [-0.39, 0.29) is 0 Å². The fourth-order valence-electron chi connectivity index (χ4n) is 5.06. The van der Waals surface area contributed by atoms with Crippen molar-refractivity contribution in [2.24, 2.45) is 4.99 Å². The molecule has 9 heteroatoms. The molecule has 8 nitrogen and oxygen atoms in total. The van der Waals surface area contributed by atoms with Gasteiger partial charge in [0, 0.05) is 49.3 Å². The number of aliphatic imine (C=N–C) groups is 1. The van der Waals surface area contributed by atoms with Crippen LogP contribution in [-0.4, -0.2) is 62.9 Å². The number of ether oxygens (including phenoxy) is 1. The van der Waals surface area contributed by atoms with Crippen LogP contribution in [0.1, 0.15) is 35.4 Å². The van der Waals surface area contributed by atoms with Crippen molar-refractivity contribution in [1.82, 2.24) is 8.87 Å². The van der Waals surface area contributed by atoms with Gasteiger partial charge in [-0.05, 0) is 75.2 Å². The van der Waals surface area contributed by atoms with Gasteiger partial charge in [0.15, 0.2) is 0 Å². The van der Waals surface area contributed by atoms with Crippen LogP contribution in [0.15, 0.2) is 58.4 Å². The third-order valence-corrected chi connectivity index (χ3v) is 8.96. The van der Waals surface area contributed by atoms with Gasteiger partial charge in [-0.15, -0.1) is 0 Å². The molecule has 2 fully saturated rings. The second-order valence-corrected chi connectivity index (χ2v) is 11.4. The molecule has 0 aliphatic carbocycles. The standard InChI is InChI=1S/C28H31N5O3S/c1-21-17-24(20-30-25-7-5-23(19-29)6-8-25)22(2)33(21)28-18-26(9-10-27(28)31-11-3-4-12-31)37(34,35)32-13-15-36-16-14-32/h5-10,17-18,20H,3-4,11-16H2,1-2H3. The van der Waals surface area contributed by atoms with Gasteiger partial charge in [-0.25, -0.2) is 8.42 Å². The van der Waals surface area contributed by atoms with E-state index >= 15 is 0 Å². The lowest BCUT2D eigenvalue weighted by Gasteiger charge is -2.28. The molecule has 0 bridgehead atoms. The van der Waals surface area contributed by atoms with Crippen LogP contribution in [0, 0.1) is 25.2 Å². The Morgan fingerprint density at radius 3 is 2.32 bits per heavy atom. The molecule has 2 aromatic carbocycles. The number of aromatic nitrogens is 1. The van der Waals surface area contributed by atoms with Crippen molar-refractivity contribution in [2.75, 3.05) is 44.3 Å². The first-order valence-electron chi connectivity index (χ1n) is 12.6. The molecule has 5 rings (SSSR count). The van der Waals surface area contributed by atoms with Gasteiger partial charge in [-0.1, -0.05) is 0 Å². The van der Waals surface area contributed by atoms with E-state index in [2.05, 4.69) is 26.6 Å². The minimum atomic E-state index is -3.63. The largest absolute Gasteiger partial charge is 0.379 e. The first-order chi connectivity index (χ1) is 17.9. The van der Waals surface area contributed by atoms with Gasteiger partial charge in [0.05, 0.1) is 46.8 Å². The van der Waals surface area contributed by atoms with E-state index in [1.54, 1.807) is 18.2 Å². The molecule has 2 aliphatic rings. The lowest BCUT2D eigenvalue weighted by molar-refractivity contribution is 0.0730. The average molecular weight is 518 g/mol. The molecule has 0 spiro atoms. The summed E-state index contributed by atoms with van der Waals surface area (Å²) < 4.78 is 36.0. The predicted octanol–water partition coefficient (Wildman–Crippen LogP) is 4.34. The number of hydrogen-bond donors (Lipinski definition) is 0. The molecule has 0 radical (unpaired) electrons. The molecule has 192 valence electrons. The van der Waals surface area contributed by atoms with Crippen LogP contribution in [0.3, 0.4) is 0 Å². The van der Waals surface area contributed by atoms with Crippen LogP contribution in [0.2, 0.25) is 0 Å². The Morgan fingerprint density at radius 2 is 1.65 bits per heavy atom. The summed E-state index contributed by atoms with van der Waals surface area (Å²) in [4.78, 5) is 7.24. The molecule has 3 heterocycles. The van der Waals surface area contributed by atoms with E-state index in [4.69, 9.17) is 10.00 Å². The summed E-state index contributed by atoms with van der Waals surface area (Å²) in [6.45, 7) is 7.52. The smallest absolute Gasteiger partial charge is 0.243 e. The Hall–Kier alpha value is -3.45. The highest BCUT2D eigenvalue weighted by atomic mass is 32.2. The number of aryl methyl sites for hydroxylation is 1. The van der Waals surface area contributed by atoms with Crippen LogP contribution < -0.4 is 4.90 Å². The van der Waals surface area contributed by atoms with Gasteiger partial charge in [-0.2, -0.15) is 9.57 Å². The van der Waals surface area contributed by atoms with E-state index in [1.165, 1.54) is 4.31 Å². The summed E-state index contributed by atoms with van der Waals surface area (Å²) in [6, 6.07) is 16.8. The molecule has 3 aromatic rings. The van der Waals surface area contributed by atoms with Crippen molar-refractivity contribution in [1.29, 1.82) is 5.26 Å². The number of sulfonamides is 1. The summed E-state index contributed by atoms with van der Waals surface area (Å²) in [5.74, 6) is 0. The minimum absolute atomic E-state index is 0.299. The van der Waals surface area contributed by atoms with Crippen molar-refractivity contribution >= 4 is 27.6 Å². The van der Waals surface area contributed by atoms with Crippen molar-refractivity contribution in [3.8, 4) is 11.8 Å². The van der Waals surface area contributed by atoms with Crippen LogP contribution in [0.25, 0.3) is 5.69 Å². The molecule has 0 saturated carbocycles. The molecular formula is C28H31N5O3S. The van der Waals surface area contributed by atoms with E-state index < -0.39 is 10.0 Å². The summed E-state index contributed by atoms with van der Waals surface area (Å²) in [5.41, 5.74) is 6.20. The van der Waals surface area contributed by atoms with Crippen molar-refractivity contribution < 1.29 is 13.2 Å². The zero-order valence-corrected chi connectivity index (χ0v) is 22.0. The Kier molecular flexibility index (Phi) is 7.15. The SMILES string of the molecule is Cc1cc(C=Nc2ccc(C#N)cc2)c(C)n1-c1cc(S(=O)(=O)N2CCOCC2)ccc1N1CCCC1. The topological polar surface area (TPSA) is 90.9 Å². The van der Waals surface area contributed by atoms with Crippen LogP contribution in [0.4, 0.5) is 11.4 Å². The van der Waals surface area contributed by atoms with Crippen LogP contribution >= 0.6 is 0 Å². The molecule has 0 atom stereocenters. The first-order valence-corrected chi connectivity index (χ1v) is 14.0. The molecule has 0 unspecified atom stereocenters. The maximum Gasteiger partial charge on any atom is 0.243 e. The highest BCUT2D eigenvalue weighted by molar-refractivity contribution is 7.89. The second kappa shape index (κ2) is 10.5. The number of anilines is 1. The number of morpholine rings is 1. The fraction of sp³-hybridized carbons (Fsp3) is 0.357. The van der Waals surface area contributed by atoms with Crippen molar-refractivity contribution in [2.45, 2.75) is 31.6 Å². The quantitative estimate of drug-likeness (QED) is 0.454. The molecule has 2 saturated heterocycles. The number of hydrogen-bond acceptors (Lipinski definition) is 6. The maximum absolute atomic E-state index is 13.5. The van der Waals surface area contributed by atoms with E-state index in [0.717, 1.165) is 59.9 Å². The summed E-state index contributed by atoms with van der Waals surface area (Å²) in [6.07, 6.45) is 4.07. The van der Waals surface area contributed by atoms with Crippen molar-refractivity contribution in [3.63, 3.8) is 0 Å². The maximum atomic E-state index is 13.5. The van der Waals surface area contributed by atoms with Gasteiger partial charge in [-0.3, -0.25) is 4.99 Å². The predicted molar refractivity (Wildman–Crippen MR) is 145 cm³/mol. The third-order valence-electron chi connectivity index (χ3n) is 7.06. The zero-order chi connectivity index (χ0) is 26.0. The lowest BCUT2D eigenvalue weighted by Crippen LogP contribution is -2.40. The molecule has 1 aromatic heterocycles. The lowest BCUT2D eigenvalue weighted by atomic mass is 10.2. The number of nitrogens with zero attached hydrogens (tertiary/aromatic N) is 5. The molecule has 0 N–H and O–H groups in total. The first kappa shape index (κ1) is 25.2. The number of benzene rings is 2. The normalized spacial score (nSPS) is 16.9. The van der Waals surface area contributed by atoms with Crippen molar-refractivity contribution in [3.05, 3.63) is 71.0 Å². The Balaban J connectivity index is 1.56. The fourth-order valence-corrected chi connectivity index (χ4v) is 6.49. The number of nitriles is 1. The zero-order valence-electron chi connectivity index (χ0n) is 21.2. The van der Waals surface area contributed by atoms with Gasteiger partial charge in [0.1, 0.15) is 0 Å². The Labute approximate surface area is 218 Å². The molecule has 0 amide bonds. The highest BCUT2D eigenvalue weighted by Crippen LogP contribution is 2.34. The summed E-state index contributed by atoms with van der Waals surface area (Å²) in [7, 11) is -3.63. The summed E-state index contributed by atoms with van der Waals surface area (Å²) >= 11 is 0. The summed E-state index contributed by atoms with van der Waals surface area (Å²) in [5, 5.41) is 9.02. The van der Waals surface area contributed by atoms with Crippen LogP contribution in [0.5, 0.6) is 0 Å². The molecule has 2 aliphatic heterocycles. The minimum Gasteiger partial charge on any atom is -0.379 e. The molecular weight excluding hydrogens is 486 g/mol. The monoisotopic (exact) mass is 517 g/mol. The Morgan fingerprint density at radius 1 is 0.946 bits per heavy atom. The van der Waals surface area contributed by atoms with Gasteiger partial charge in [0.2, 0.25) is 10.0 Å². The molecule has 37 heavy (non-hydrogen) atoms. The van der Waals surface area contributed by atoms with Gasteiger partial charge in [0.25, 0.3) is 0 Å². The highest BCUT2D eigenvalue weighted by Gasteiger charge is 2.28. The third kappa shape index (κ3) is 5.05. The van der Waals surface area contributed by atoms with E-state index in [9.17, 15) is 8.42 Å². The number of rotatable bonds is 6. The van der Waals surface area contributed by atoms with Crippen LogP contribution in [-0.2, 0) is 14.8 Å². The second-order valence-electron chi connectivity index (χ2n) is 9.44. The van der Waals surface area contributed by atoms with Gasteiger partial charge < -0.3 is 14.2 Å². The van der Waals surface area contributed by atoms with E-state index in [0.29, 0.717) is 36.8 Å². The Bertz CT molecular complexity index is 1460. The van der Waals surface area contributed by atoms with E-state index in [1.807, 2.05) is 44.3 Å². The van der Waals surface area contributed by atoms with Gasteiger partial charge >= 0.3 is 0 Å².